The summed E-state index contributed by atoms with van der Waals surface area (Å²) in [7, 11) is -3.91. The van der Waals surface area contributed by atoms with Crippen LogP contribution in [-0.2, 0) is 14.8 Å². The second-order valence-corrected chi connectivity index (χ2v) is 6.93. The molecule has 0 N–H and O–H groups in total. The van der Waals surface area contributed by atoms with E-state index in [1.54, 1.807) is 13.0 Å². The van der Waals surface area contributed by atoms with E-state index in [1.807, 2.05) is 6.92 Å². The van der Waals surface area contributed by atoms with Crippen molar-refractivity contribution in [2.75, 3.05) is 13.1 Å². The summed E-state index contributed by atoms with van der Waals surface area (Å²) in [5.74, 6) is -0.827. The third-order valence-corrected chi connectivity index (χ3v) is 5.33. The molecule has 0 spiro atoms. The van der Waals surface area contributed by atoms with E-state index in [0.717, 1.165) is 6.07 Å². The van der Waals surface area contributed by atoms with Crippen LogP contribution in [0.3, 0.4) is 0 Å². The van der Waals surface area contributed by atoms with Gasteiger partial charge in [0.1, 0.15) is 22.3 Å². The number of nitriles is 1. The van der Waals surface area contributed by atoms with Crippen LogP contribution in [0, 0.1) is 17.1 Å². The summed E-state index contributed by atoms with van der Waals surface area (Å²) >= 11 is 0. The van der Waals surface area contributed by atoms with Gasteiger partial charge in [0.15, 0.2) is 0 Å². The van der Waals surface area contributed by atoms with Gasteiger partial charge in [-0.15, -0.1) is 0 Å². The highest BCUT2D eigenvalue weighted by Gasteiger charge is 2.35. The number of halogens is 1. The molecule has 1 aliphatic rings. The molecular weight excluding hydrogens is 295 g/mol. The Kier molecular flexibility index (Phi) is 4.61. The maximum atomic E-state index is 13.6. The molecule has 1 aromatic carbocycles. The van der Waals surface area contributed by atoms with Gasteiger partial charge in [-0.05, 0) is 25.5 Å². The molecule has 5 nitrogen and oxygen atoms in total. The molecule has 0 amide bonds. The van der Waals surface area contributed by atoms with E-state index >= 15 is 0 Å². The minimum Gasteiger partial charge on any atom is -0.373 e. The monoisotopic (exact) mass is 312 g/mol. The van der Waals surface area contributed by atoms with Crippen LogP contribution in [0.2, 0.25) is 0 Å². The van der Waals surface area contributed by atoms with Crippen molar-refractivity contribution in [3.05, 3.63) is 29.6 Å². The second-order valence-electron chi connectivity index (χ2n) is 5.02. The van der Waals surface area contributed by atoms with Gasteiger partial charge in [-0.1, -0.05) is 13.0 Å². The summed E-state index contributed by atoms with van der Waals surface area (Å²) in [6, 6.07) is 5.27. The van der Waals surface area contributed by atoms with E-state index in [2.05, 4.69) is 0 Å². The lowest BCUT2D eigenvalue weighted by atomic mass is 10.2. The highest BCUT2D eigenvalue weighted by Crippen LogP contribution is 2.25. The molecule has 0 bridgehead atoms. The van der Waals surface area contributed by atoms with E-state index in [-0.39, 0.29) is 30.2 Å². The SMILES string of the molecule is CCC1CN(S(=O)(=O)c2cccc(F)c2C#N)CC(C)O1. The molecular formula is C14H17FN2O3S. The molecule has 1 aromatic rings. The van der Waals surface area contributed by atoms with Crippen molar-refractivity contribution in [2.45, 2.75) is 37.4 Å². The summed E-state index contributed by atoms with van der Waals surface area (Å²) in [5, 5.41) is 9.01. The van der Waals surface area contributed by atoms with Gasteiger partial charge >= 0.3 is 0 Å². The third-order valence-electron chi connectivity index (χ3n) is 3.45. The van der Waals surface area contributed by atoms with Gasteiger partial charge in [-0.25, -0.2) is 12.8 Å². The van der Waals surface area contributed by atoms with E-state index in [9.17, 15) is 12.8 Å². The number of sulfonamides is 1. The molecule has 0 aliphatic carbocycles. The van der Waals surface area contributed by atoms with Gasteiger partial charge in [-0.3, -0.25) is 0 Å². The van der Waals surface area contributed by atoms with Crippen molar-refractivity contribution in [1.82, 2.24) is 4.31 Å². The minimum absolute atomic E-state index is 0.192. The third kappa shape index (κ3) is 3.07. The molecule has 0 radical (unpaired) electrons. The Labute approximate surface area is 124 Å². The smallest absolute Gasteiger partial charge is 0.244 e. The van der Waals surface area contributed by atoms with E-state index in [1.165, 1.54) is 16.4 Å². The molecule has 2 unspecified atom stereocenters. The number of benzene rings is 1. The van der Waals surface area contributed by atoms with Crippen molar-refractivity contribution < 1.29 is 17.5 Å². The van der Waals surface area contributed by atoms with Gasteiger partial charge < -0.3 is 4.74 Å². The first-order chi connectivity index (χ1) is 9.90. The van der Waals surface area contributed by atoms with Crippen molar-refractivity contribution in [3.8, 4) is 6.07 Å². The molecule has 21 heavy (non-hydrogen) atoms. The summed E-state index contributed by atoms with van der Waals surface area (Å²) in [6.45, 7) is 4.11. The van der Waals surface area contributed by atoms with Crippen molar-refractivity contribution in [1.29, 1.82) is 5.26 Å². The molecule has 1 aliphatic heterocycles. The molecule has 0 saturated carbocycles. The van der Waals surface area contributed by atoms with Gasteiger partial charge in [0.2, 0.25) is 10.0 Å². The molecule has 1 fully saturated rings. The zero-order valence-corrected chi connectivity index (χ0v) is 12.7. The van der Waals surface area contributed by atoms with Crippen LogP contribution in [0.15, 0.2) is 23.1 Å². The van der Waals surface area contributed by atoms with Gasteiger partial charge in [0.25, 0.3) is 0 Å². The first-order valence-corrected chi connectivity index (χ1v) is 8.18. The van der Waals surface area contributed by atoms with Crippen LogP contribution in [0.25, 0.3) is 0 Å². The summed E-state index contributed by atoms with van der Waals surface area (Å²) in [6.07, 6.45) is 0.255. The molecule has 2 atom stereocenters. The van der Waals surface area contributed by atoms with Gasteiger partial charge in [-0.2, -0.15) is 9.57 Å². The minimum atomic E-state index is -3.91. The highest BCUT2D eigenvalue weighted by molar-refractivity contribution is 7.89. The van der Waals surface area contributed by atoms with Crippen molar-refractivity contribution >= 4 is 10.0 Å². The Morgan fingerprint density at radius 1 is 1.48 bits per heavy atom. The Hall–Kier alpha value is -1.49. The Morgan fingerprint density at radius 2 is 2.19 bits per heavy atom. The number of hydrogen-bond acceptors (Lipinski definition) is 4. The fourth-order valence-corrected chi connectivity index (χ4v) is 4.09. The molecule has 1 saturated heterocycles. The lowest BCUT2D eigenvalue weighted by Crippen LogP contribution is -2.49. The van der Waals surface area contributed by atoms with E-state index in [4.69, 9.17) is 10.00 Å². The average Bonchev–Trinajstić information content (AvgIpc) is 2.46. The predicted molar refractivity (Wildman–Crippen MR) is 74.5 cm³/mol. The molecule has 2 rings (SSSR count). The highest BCUT2D eigenvalue weighted by atomic mass is 32.2. The lowest BCUT2D eigenvalue weighted by Gasteiger charge is -2.35. The molecule has 1 heterocycles. The van der Waals surface area contributed by atoms with Crippen LogP contribution in [0.1, 0.15) is 25.8 Å². The normalized spacial score (nSPS) is 23.7. The zero-order chi connectivity index (χ0) is 15.6. The van der Waals surface area contributed by atoms with Gasteiger partial charge in [0, 0.05) is 13.1 Å². The first-order valence-electron chi connectivity index (χ1n) is 6.74. The van der Waals surface area contributed by atoms with Crippen molar-refractivity contribution in [2.24, 2.45) is 0 Å². The van der Waals surface area contributed by atoms with Crippen LogP contribution in [0.5, 0.6) is 0 Å². The maximum Gasteiger partial charge on any atom is 0.244 e. The number of nitrogens with zero attached hydrogens (tertiary/aromatic N) is 2. The Balaban J connectivity index is 2.43. The van der Waals surface area contributed by atoms with Crippen LogP contribution < -0.4 is 0 Å². The largest absolute Gasteiger partial charge is 0.373 e. The van der Waals surface area contributed by atoms with Crippen molar-refractivity contribution in [3.63, 3.8) is 0 Å². The summed E-state index contributed by atoms with van der Waals surface area (Å²) < 4.78 is 45.9. The predicted octanol–water partition coefficient (Wildman–Crippen LogP) is 1.89. The van der Waals surface area contributed by atoms with Crippen LogP contribution in [-0.4, -0.2) is 38.0 Å². The standard InChI is InChI=1S/C14H17FN2O3S/c1-3-11-9-17(8-10(2)20-11)21(18,19)14-6-4-5-13(15)12(14)7-16/h4-6,10-11H,3,8-9H2,1-2H3. The summed E-state index contributed by atoms with van der Waals surface area (Å²) in [4.78, 5) is -0.283. The molecule has 7 heteroatoms. The Bertz CT molecular complexity index is 669. The maximum absolute atomic E-state index is 13.6. The van der Waals surface area contributed by atoms with E-state index < -0.39 is 21.4 Å². The van der Waals surface area contributed by atoms with Gasteiger partial charge in [0.05, 0.1) is 12.2 Å². The average molecular weight is 312 g/mol. The summed E-state index contributed by atoms with van der Waals surface area (Å²) in [5.41, 5.74) is -0.440. The topological polar surface area (TPSA) is 70.4 Å². The second kappa shape index (κ2) is 6.10. The fraction of sp³-hybridized carbons (Fsp3) is 0.500. The Morgan fingerprint density at radius 3 is 2.81 bits per heavy atom. The van der Waals surface area contributed by atoms with Crippen LogP contribution in [0.4, 0.5) is 4.39 Å². The number of rotatable bonds is 3. The molecule has 0 aromatic heterocycles. The number of morpholine rings is 1. The zero-order valence-electron chi connectivity index (χ0n) is 11.9. The molecule has 114 valence electrons. The van der Waals surface area contributed by atoms with E-state index in [0.29, 0.717) is 6.42 Å². The first kappa shape index (κ1) is 15.9. The fourth-order valence-electron chi connectivity index (χ4n) is 2.39. The number of ether oxygens (including phenoxy) is 1. The quantitative estimate of drug-likeness (QED) is 0.854. The number of hydrogen-bond donors (Lipinski definition) is 0. The van der Waals surface area contributed by atoms with Crippen LogP contribution >= 0.6 is 0 Å². The lowest BCUT2D eigenvalue weighted by molar-refractivity contribution is -0.0548.